The topological polar surface area (TPSA) is 228 Å². The van der Waals surface area contributed by atoms with Crippen molar-refractivity contribution >= 4 is 5.91 Å². The SMILES string of the molecule is CC/C=C\C/C=C\C/C=C\C/C=C\C/C=C\CCCCCCCCCCCCCCCCCC(=O)NC(COC1OC(CO)C(OC2OC(CO)C(O)C(O)C2O)C(O)C1O)C(O)/C=C/CCCCCCC. The van der Waals surface area contributed by atoms with Gasteiger partial charge in [0.25, 0.3) is 0 Å². The Balaban J connectivity index is 1.61. The molecule has 0 saturated carbocycles. The van der Waals surface area contributed by atoms with Crippen molar-refractivity contribution in [3.05, 3.63) is 72.9 Å². The third-order valence-corrected chi connectivity index (χ3v) is 13.4. The molecule has 12 unspecified atom stereocenters. The molecule has 9 N–H and O–H groups in total. The van der Waals surface area contributed by atoms with Gasteiger partial charge in [0.05, 0.1) is 32.0 Å². The van der Waals surface area contributed by atoms with Crippen LogP contribution < -0.4 is 5.32 Å². The van der Waals surface area contributed by atoms with Crippen LogP contribution in [-0.4, -0.2) is 140 Å². The molecule has 0 spiro atoms. The van der Waals surface area contributed by atoms with E-state index in [1.807, 2.05) is 6.08 Å². The van der Waals surface area contributed by atoms with Crippen LogP contribution in [0.3, 0.4) is 0 Å². The first-order chi connectivity index (χ1) is 35.1. The summed E-state index contributed by atoms with van der Waals surface area (Å²) in [6, 6.07) is -0.914. The van der Waals surface area contributed by atoms with E-state index in [1.165, 1.54) is 83.5 Å². The molecule has 14 heteroatoms. The van der Waals surface area contributed by atoms with Gasteiger partial charge in [0, 0.05) is 6.42 Å². The number of carbonyl (C=O) groups is 1. The van der Waals surface area contributed by atoms with Gasteiger partial charge in [-0.1, -0.05) is 196 Å². The summed E-state index contributed by atoms with van der Waals surface area (Å²) in [7, 11) is 0. The lowest BCUT2D eigenvalue weighted by Gasteiger charge is -2.46. The molecule has 0 aliphatic carbocycles. The number of nitrogens with one attached hydrogen (secondary N) is 1. The Labute approximate surface area is 434 Å². The fraction of sp³-hybridized carbons (Fsp3) is 0.776. The number of aliphatic hydroxyl groups is 8. The molecule has 2 rings (SSSR count). The number of unbranched alkanes of at least 4 members (excludes halogenated alkanes) is 20. The van der Waals surface area contributed by atoms with Gasteiger partial charge in [-0.15, -0.1) is 0 Å². The molecule has 2 fully saturated rings. The van der Waals surface area contributed by atoms with Gasteiger partial charge in [-0.05, 0) is 64.2 Å². The predicted molar refractivity (Wildman–Crippen MR) is 286 cm³/mol. The van der Waals surface area contributed by atoms with Crippen LogP contribution in [0, 0.1) is 0 Å². The highest BCUT2D eigenvalue weighted by molar-refractivity contribution is 5.76. The van der Waals surface area contributed by atoms with Crippen LogP contribution in [0.4, 0.5) is 0 Å². The lowest BCUT2D eigenvalue weighted by atomic mass is 9.97. The van der Waals surface area contributed by atoms with Crippen LogP contribution >= 0.6 is 0 Å². The molecule has 2 heterocycles. The van der Waals surface area contributed by atoms with Gasteiger partial charge in [-0.25, -0.2) is 0 Å². The zero-order valence-corrected chi connectivity index (χ0v) is 44.4. The van der Waals surface area contributed by atoms with E-state index in [0.29, 0.717) is 6.42 Å². The largest absolute Gasteiger partial charge is 0.394 e. The normalized spacial score (nSPS) is 26.1. The molecule has 2 aliphatic rings. The van der Waals surface area contributed by atoms with Gasteiger partial charge < -0.3 is 65.1 Å². The second-order valence-corrected chi connectivity index (χ2v) is 19.7. The average molecular weight is 1020 g/mol. The van der Waals surface area contributed by atoms with Gasteiger partial charge in [-0.3, -0.25) is 4.79 Å². The van der Waals surface area contributed by atoms with E-state index in [1.54, 1.807) is 6.08 Å². The third-order valence-electron chi connectivity index (χ3n) is 13.4. The van der Waals surface area contributed by atoms with E-state index in [9.17, 15) is 45.6 Å². The summed E-state index contributed by atoms with van der Waals surface area (Å²) in [5.74, 6) is -0.247. The Morgan fingerprint density at radius 1 is 0.514 bits per heavy atom. The predicted octanol–water partition coefficient (Wildman–Crippen LogP) is 8.77. The van der Waals surface area contributed by atoms with Crippen molar-refractivity contribution in [2.45, 2.75) is 267 Å². The quantitative estimate of drug-likeness (QED) is 0.0206. The molecule has 0 bridgehead atoms. The third kappa shape index (κ3) is 29.5. The highest BCUT2D eigenvalue weighted by atomic mass is 16.7. The molecule has 1 amide bonds. The first-order valence-electron chi connectivity index (χ1n) is 28.2. The number of hydrogen-bond donors (Lipinski definition) is 9. The van der Waals surface area contributed by atoms with E-state index in [4.69, 9.17) is 18.9 Å². The number of ether oxygens (including phenoxy) is 4. The molecule has 0 aromatic rings. The van der Waals surface area contributed by atoms with E-state index in [-0.39, 0.29) is 18.9 Å². The van der Waals surface area contributed by atoms with E-state index in [2.05, 4.69) is 79.9 Å². The fourth-order valence-electron chi connectivity index (χ4n) is 8.85. The zero-order valence-electron chi connectivity index (χ0n) is 44.4. The van der Waals surface area contributed by atoms with E-state index in [0.717, 1.165) is 83.5 Å². The number of hydrogen-bond acceptors (Lipinski definition) is 13. The Kier molecular flexibility index (Phi) is 39.7. The highest BCUT2D eigenvalue weighted by Crippen LogP contribution is 2.30. The van der Waals surface area contributed by atoms with Gasteiger partial charge in [0.1, 0.15) is 48.8 Å². The molecule has 0 aromatic carbocycles. The van der Waals surface area contributed by atoms with Crippen molar-refractivity contribution < 1.29 is 64.6 Å². The van der Waals surface area contributed by atoms with Crippen LogP contribution in [0.15, 0.2) is 72.9 Å². The Morgan fingerprint density at radius 2 is 0.958 bits per heavy atom. The molecule has 416 valence electrons. The molecule has 72 heavy (non-hydrogen) atoms. The first kappa shape index (κ1) is 65.5. The van der Waals surface area contributed by atoms with Crippen molar-refractivity contribution in [2.24, 2.45) is 0 Å². The monoisotopic (exact) mass is 1020 g/mol. The smallest absolute Gasteiger partial charge is 0.220 e. The summed E-state index contributed by atoms with van der Waals surface area (Å²) in [4.78, 5) is 13.1. The number of amides is 1. The lowest BCUT2D eigenvalue weighted by molar-refractivity contribution is -0.359. The molecule has 2 saturated heterocycles. The average Bonchev–Trinajstić information content (AvgIpc) is 3.38. The van der Waals surface area contributed by atoms with Crippen LogP contribution in [-0.2, 0) is 23.7 Å². The maximum absolute atomic E-state index is 13.1. The second kappa shape index (κ2) is 43.6. The Bertz CT molecular complexity index is 1480. The molecule has 2 aliphatic heterocycles. The van der Waals surface area contributed by atoms with Gasteiger partial charge in [0.15, 0.2) is 12.6 Å². The summed E-state index contributed by atoms with van der Waals surface area (Å²) in [6.07, 6.45) is 39.9. The number of allylic oxidation sites excluding steroid dienone is 11. The Morgan fingerprint density at radius 3 is 1.47 bits per heavy atom. The Hall–Kier alpha value is -2.57. The number of carbonyl (C=O) groups excluding carboxylic acids is 1. The summed E-state index contributed by atoms with van der Waals surface area (Å²) >= 11 is 0. The fourth-order valence-corrected chi connectivity index (χ4v) is 8.85. The van der Waals surface area contributed by atoms with E-state index >= 15 is 0 Å². The standard InChI is InChI=1S/C58H101NO13/c1-3-5-7-9-11-12-13-14-15-16-17-18-19-20-21-22-23-24-25-26-27-28-29-30-31-32-33-34-36-38-40-42-50(63)59-46(47(62)41-39-37-35-10-8-6-4-2)45-69-57-55(68)53(66)56(49(44-61)71-57)72-58-54(67)52(65)51(64)48(43-60)70-58/h5,7,11-12,14-15,17-18,20-21,39,41,46-49,51-58,60-62,64-68H,3-4,6,8-10,13,16,19,22-38,40,42-45H2,1-2H3,(H,59,63)/b7-5-,12-11-,15-14-,18-17-,21-20-,41-39+. The van der Waals surface area contributed by atoms with Gasteiger partial charge in [-0.2, -0.15) is 0 Å². The molecular formula is C58H101NO13. The minimum atomic E-state index is -1.79. The van der Waals surface area contributed by atoms with Gasteiger partial charge in [0.2, 0.25) is 5.91 Å². The minimum absolute atomic E-state index is 0.247. The molecular weight excluding hydrogens is 919 g/mol. The van der Waals surface area contributed by atoms with Crippen LogP contribution in [0.2, 0.25) is 0 Å². The summed E-state index contributed by atoms with van der Waals surface area (Å²) in [6.45, 7) is 2.60. The van der Waals surface area contributed by atoms with Crippen molar-refractivity contribution in [3.8, 4) is 0 Å². The second-order valence-electron chi connectivity index (χ2n) is 19.7. The van der Waals surface area contributed by atoms with Crippen LogP contribution in [0.5, 0.6) is 0 Å². The zero-order chi connectivity index (χ0) is 52.4. The summed E-state index contributed by atoms with van der Waals surface area (Å²) < 4.78 is 22.6. The van der Waals surface area contributed by atoms with Crippen LogP contribution in [0.1, 0.15) is 194 Å². The lowest BCUT2D eigenvalue weighted by Crippen LogP contribution is -2.65. The number of rotatable bonds is 43. The molecule has 14 nitrogen and oxygen atoms in total. The van der Waals surface area contributed by atoms with E-state index < -0.39 is 86.8 Å². The summed E-state index contributed by atoms with van der Waals surface area (Å²) in [5, 5.41) is 86.5. The highest BCUT2D eigenvalue weighted by Gasteiger charge is 2.51. The molecule has 0 radical (unpaired) electrons. The van der Waals surface area contributed by atoms with Crippen molar-refractivity contribution in [2.75, 3.05) is 19.8 Å². The molecule has 12 atom stereocenters. The molecule has 0 aromatic heterocycles. The van der Waals surface area contributed by atoms with Crippen molar-refractivity contribution in [1.82, 2.24) is 5.32 Å². The van der Waals surface area contributed by atoms with Crippen molar-refractivity contribution in [3.63, 3.8) is 0 Å². The van der Waals surface area contributed by atoms with Crippen LogP contribution in [0.25, 0.3) is 0 Å². The first-order valence-corrected chi connectivity index (χ1v) is 28.2. The van der Waals surface area contributed by atoms with Crippen molar-refractivity contribution in [1.29, 1.82) is 0 Å². The van der Waals surface area contributed by atoms with Gasteiger partial charge >= 0.3 is 0 Å². The number of aliphatic hydroxyl groups excluding tert-OH is 8. The maximum Gasteiger partial charge on any atom is 0.220 e. The summed E-state index contributed by atoms with van der Waals surface area (Å²) in [5.41, 5.74) is 0. The maximum atomic E-state index is 13.1. The minimum Gasteiger partial charge on any atom is -0.394 e.